The van der Waals surface area contributed by atoms with E-state index in [0.717, 1.165) is 61.7 Å². The number of aromatic nitrogens is 2. The van der Waals surface area contributed by atoms with Gasteiger partial charge in [-0.2, -0.15) is 0 Å². The van der Waals surface area contributed by atoms with E-state index in [9.17, 15) is 0 Å². The maximum absolute atomic E-state index is 6.70. The fraction of sp³-hybridized carbons (Fsp3) is 0.0175. The zero-order valence-corrected chi connectivity index (χ0v) is 32.6. The van der Waals surface area contributed by atoms with Crippen molar-refractivity contribution >= 4 is 10.8 Å². The van der Waals surface area contributed by atoms with Gasteiger partial charge in [0.25, 0.3) is 0 Å². The molecule has 3 nitrogen and oxygen atoms in total. The van der Waals surface area contributed by atoms with E-state index < -0.39 is 5.41 Å². The van der Waals surface area contributed by atoms with Crippen molar-refractivity contribution in [3.63, 3.8) is 0 Å². The molecule has 3 heteroatoms. The molecular formula is C57H36N2O. The summed E-state index contributed by atoms with van der Waals surface area (Å²) in [6.45, 7) is 0. The summed E-state index contributed by atoms with van der Waals surface area (Å²) in [5, 5.41) is 2.35. The van der Waals surface area contributed by atoms with Crippen molar-refractivity contribution in [3.8, 4) is 78.8 Å². The topological polar surface area (TPSA) is 35.0 Å². The van der Waals surface area contributed by atoms with E-state index in [0.29, 0.717) is 5.82 Å². The van der Waals surface area contributed by atoms with E-state index in [-0.39, 0.29) is 0 Å². The van der Waals surface area contributed by atoms with Crippen LogP contribution >= 0.6 is 0 Å². The molecule has 0 unspecified atom stereocenters. The molecule has 2 aliphatic rings. The predicted molar refractivity (Wildman–Crippen MR) is 244 cm³/mol. The molecule has 0 atom stereocenters. The molecule has 1 aromatic heterocycles. The van der Waals surface area contributed by atoms with Crippen molar-refractivity contribution < 1.29 is 4.74 Å². The molecule has 0 N–H and O–H groups in total. The summed E-state index contributed by atoms with van der Waals surface area (Å²) in [4.78, 5) is 10.4. The van der Waals surface area contributed by atoms with Crippen molar-refractivity contribution in [1.82, 2.24) is 9.97 Å². The van der Waals surface area contributed by atoms with Gasteiger partial charge in [-0.15, -0.1) is 0 Å². The van der Waals surface area contributed by atoms with Crippen LogP contribution in [0.1, 0.15) is 22.3 Å². The highest BCUT2D eigenvalue weighted by atomic mass is 16.5. The molecule has 1 aliphatic carbocycles. The number of benzene rings is 9. The molecule has 0 radical (unpaired) electrons. The molecule has 0 bridgehead atoms. The van der Waals surface area contributed by atoms with Gasteiger partial charge in [0.1, 0.15) is 11.5 Å². The summed E-state index contributed by atoms with van der Waals surface area (Å²) in [5.41, 5.74) is 16.4. The van der Waals surface area contributed by atoms with E-state index in [1.165, 1.54) is 44.3 Å². The van der Waals surface area contributed by atoms with Gasteiger partial charge in [-0.25, -0.2) is 9.97 Å². The van der Waals surface area contributed by atoms with Crippen LogP contribution in [0.4, 0.5) is 0 Å². The lowest BCUT2D eigenvalue weighted by Gasteiger charge is -2.39. The largest absolute Gasteiger partial charge is 0.457 e. The van der Waals surface area contributed by atoms with Crippen molar-refractivity contribution in [3.05, 3.63) is 241 Å². The van der Waals surface area contributed by atoms with Gasteiger partial charge in [-0.3, -0.25) is 0 Å². The molecule has 9 aromatic carbocycles. The van der Waals surface area contributed by atoms with Gasteiger partial charge in [0.15, 0.2) is 5.82 Å². The molecule has 2 heterocycles. The molecule has 10 aromatic rings. The SMILES string of the molecule is c1ccc(-c2nc(-c3ccc(-c4ccc5c(c4)C4(c6ccccc6O5)c5ccccc5-c5ccccc54)cc3)cc(-c3ccc(-c4ccccc4)c4ccccc34)n2)cc1. The van der Waals surface area contributed by atoms with Crippen LogP contribution in [0, 0.1) is 0 Å². The quantitative estimate of drug-likeness (QED) is 0.175. The van der Waals surface area contributed by atoms with Gasteiger partial charge in [0, 0.05) is 27.8 Å². The van der Waals surface area contributed by atoms with E-state index in [4.69, 9.17) is 14.7 Å². The Morgan fingerprint density at radius 2 is 0.817 bits per heavy atom. The molecule has 12 rings (SSSR count). The number of hydrogen-bond donors (Lipinski definition) is 0. The van der Waals surface area contributed by atoms with Crippen molar-refractivity contribution in [2.45, 2.75) is 5.41 Å². The molecule has 0 fully saturated rings. The minimum Gasteiger partial charge on any atom is -0.457 e. The Bertz CT molecular complexity index is 3240. The first kappa shape index (κ1) is 34.2. The zero-order valence-electron chi connectivity index (χ0n) is 32.6. The molecule has 0 saturated carbocycles. The Hall–Kier alpha value is -7.88. The van der Waals surface area contributed by atoms with Gasteiger partial charge in [0.05, 0.1) is 16.8 Å². The predicted octanol–water partition coefficient (Wildman–Crippen LogP) is 14.4. The number of nitrogens with zero attached hydrogens (tertiary/aromatic N) is 2. The second-order valence-electron chi connectivity index (χ2n) is 15.6. The Morgan fingerprint density at radius 1 is 0.300 bits per heavy atom. The normalized spacial score (nSPS) is 12.9. The summed E-state index contributed by atoms with van der Waals surface area (Å²) in [6.07, 6.45) is 0. The van der Waals surface area contributed by atoms with E-state index in [1.807, 2.05) is 18.2 Å². The van der Waals surface area contributed by atoms with Crippen LogP contribution in [-0.4, -0.2) is 9.97 Å². The Balaban J connectivity index is 0.982. The van der Waals surface area contributed by atoms with Crippen molar-refractivity contribution in [2.75, 3.05) is 0 Å². The minimum absolute atomic E-state index is 0.512. The second-order valence-corrected chi connectivity index (χ2v) is 15.6. The molecule has 1 spiro atoms. The van der Waals surface area contributed by atoms with Gasteiger partial charge >= 0.3 is 0 Å². The monoisotopic (exact) mass is 764 g/mol. The molecule has 280 valence electrons. The first-order chi connectivity index (χ1) is 29.7. The lowest BCUT2D eigenvalue weighted by Crippen LogP contribution is -2.32. The van der Waals surface area contributed by atoms with Crippen LogP contribution in [0.2, 0.25) is 0 Å². The highest BCUT2D eigenvalue weighted by molar-refractivity contribution is 6.04. The first-order valence-electron chi connectivity index (χ1n) is 20.5. The number of fused-ring (bicyclic) bond motifs is 10. The van der Waals surface area contributed by atoms with E-state index >= 15 is 0 Å². The number of para-hydroxylation sites is 1. The minimum atomic E-state index is -0.512. The number of hydrogen-bond acceptors (Lipinski definition) is 3. The Morgan fingerprint density at radius 3 is 1.53 bits per heavy atom. The van der Waals surface area contributed by atoms with Crippen LogP contribution in [0.25, 0.3) is 78.1 Å². The summed E-state index contributed by atoms with van der Waals surface area (Å²) in [6, 6.07) is 77.8. The lowest BCUT2D eigenvalue weighted by molar-refractivity contribution is 0.436. The average molecular weight is 765 g/mol. The third kappa shape index (κ3) is 5.23. The maximum atomic E-state index is 6.70. The maximum Gasteiger partial charge on any atom is 0.160 e. The Kier molecular flexibility index (Phi) is 7.76. The van der Waals surface area contributed by atoms with Crippen molar-refractivity contribution in [2.24, 2.45) is 0 Å². The van der Waals surface area contributed by atoms with Gasteiger partial charge in [-0.1, -0.05) is 194 Å². The molecule has 0 saturated heterocycles. The van der Waals surface area contributed by atoms with Crippen molar-refractivity contribution in [1.29, 1.82) is 0 Å². The molecular weight excluding hydrogens is 729 g/mol. The highest BCUT2D eigenvalue weighted by Gasteiger charge is 2.51. The smallest absolute Gasteiger partial charge is 0.160 e. The van der Waals surface area contributed by atoms with Crippen LogP contribution in [-0.2, 0) is 5.41 Å². The standard InChI is InChI=1S/C57H36N2O/c1-3-15-38(16-4-1)42-32-33-47(44-20-8-7-19-43(42)44)53-36-52(58-56(59-53)40-17-5-2-6-18-40)39-29-27-37(28-30-39)41-31-34-55-51(35-41)57(50-25-13-14-26-54(50)60-55)48-23-11-9-21-45(48)46-22-10-12-24-49(46)57/h1-36H. The Labute approximate surface area is 348 Å². The summed E-state index contributed by atoms with van der Waals surface area (Å²) >= 11 is 0. The average Bonchev–Trinajstić information content (AvgIpc) is 3.62. The summed E-state index contributed by atoms with van der Waals surface area (Å²) < 4.78 is 6.70. The fourth-order valence-corrected chi connectivity index (χ4v) is 9.71. The van der Waals surface area contributed by atoms with Crippen LogP contribution < -0.4 is 4.74 Å². The number of rotatable bonds is 5. The third-order valence-electron chi connectivity index (χ3n) is 12.4. The van der Waals surface area contributed by atoms with E-state index in [1.54, 1.807) is 0 Å². The van der Waals surface area contributed by atoms with Crippen LogP contribution in [0.5, 0.6) is 11.5 Å². The highest BCUT2D eigenvalue weighted by Crippen LogP contribution is 2.62. The first-order valence-corrected chi connectivity index (χ1v) is 20.5. The summed E-state index contributed by atoms with van der Waals surface area (Å²) in [5.74, 6) is 2.47. The van der Waals surface area contributed by atoms with E-state index in [2.05, 4.69) is 200 Å². The fourth-order valence-electron chi connectivity index (χ4n) is 9.71. The second kappa shape index (κ2) is 13.6. The van der Waals surface area contributed by atoms with Gasteiger partial charge in [-0.05, 0) is 79.5 Å². The number of ether oxygens (including phenoxy) is 1. The lowest BCUT2D eigenvalue weighted by atomic mass is 9.66. The summed E-state index contributed by atoms with van der Waals surface area (Å²) in [7, 11) is 0. The van der Waals surface area contributed by atoms with Crippen LogP contribution in [0.15, 0.2) is 218 Å². The zero-order chi connectivity index (χ0) is 39.6. The molecule has 1 aliphatic heterocycles. The van der Waals surface area contributed by atoms with Gasteiger partial charge in [0.2, 0.25) is 0 Å². The van der Waals surface area contributed by atoms with Gasteiger partial charge < -0.3 is 4.74 Å². The molecule has 0 amide bonds. The molecule has 60 heavy (non-hydrogen) atoms. The van der Waals surface area contributed by atoms with Crippen LogP contribution in [0.3, 0.4) is 0 Å². The third-order valence-corrected chi connectivity index (χ3v) is 12.4.